The predicted octanol–water partition coefficient (Wildman–Crippen LogP) is 2.68. The average molecular weight is 220 g/mol. The van der Waals surface area contributed by atoms with Crippen LogP contribution in [0.15, 0.2) is 24.3 Å². The number of esters is 1. The van der Waals surface area contributed by atoms with Crippen LogP contribution in [0.4, 0.5) is 0 Å². The second-order valence-electron chi connectivity index (χ2n) is 4.07. The highest BCUT2D eigenvalue weighted by Gasteiger charge is 2.19. The van der Waals surface area contributed by atoms with Crippen molar-refractivity contribution in [3.05, 3.63) is 35.4 Å². The van der Waals surface area contributed by atoms with Crippen molar-refractivity contribution in [3.8, 4) is 0 Å². The zero-order valence-corrected chi connectivity index (χ0v) is 9.44. The number of benzene rings is 1. The van der Waals surface area contributed by atoms with E-state index in [2.05, 4.69) is 0 Å². The molecule has 1 aromatic carbocycles. The van der Waals surface area contributed by atoms with Gasteiger partial charge in [-0.2, -0.15) is 0 Å². The maximum Gasteiger partial charge on any atom is 0.340 e. The van der Waals surface area contributed by atoms with Crippen LogP contribution in [-0.4, -0.2) is 18.9 Å². The van der Waals surface area contributed by atoms with Gasteiger partial charge in [0.25, 0.3) is 0 Å². The SMILES string of the molecule is Cc1cccc(C(=O)OC2CCCCO2)c1. The largest absolute Gasteiger partial charge is 0.432 e. The Kier molecular flexibility index (Phi) is 3.57. The van der Waals surface area contributed by atoms with Gasteiger partial charge < -0.3 is 9.47 Å². The third-order valence-corrected chi connectivity index (χ3v) is 2.63. The molecule has 16 heavy (non-hydrogen) atoms. The molecule has 86 valence electrons. The van der Waals surface area contributed by atoms with Crippen molar-refractivity contribution in [2.24, 2.45) is 0 Å². The standard InChI is InChI=1S/C13H16O3/c1-10-5-4-6-11(9-10)13(14)16-12-7-2-3-8-15-12/h4-6,9,12H,2-3,7-8H2,1H3. The molecule has 1 atom stereocenters. The molecule has 1 saturated heterocycles. The summed E-state index contributed by atoms with van der Waals surface area (Å²) in [5, 5.41) is 0. The third-order valence-electron chi connectivity index (χ3n) is 2.63. The number of aryl methyl sites for hydroxylation is 1. The lowest BCUT2D eigenvalue weighted by Gasteiger charge is -2.22. The first-order chi connectivity index (χ1) is 7.75. The Bertz CT molecular complexity index is 367. The minimum absolute atomic E-state index is 0.296. The summed E-state index contributed by atoms with van der Waals surface area (Å²) in [5.41, 5.74) is 1.65. The van der Waals surface area contributed by atoms with Crippen molar-refractivity contribution in [3.63, 3.8) is 0 Å². The molecule has 1 unspecified atom stereocenters. The van der Waals surface area contributed by atoms with Gasteiger partial charge in [0.05, 0.1) is 12.2 Å². The first-order valence-electron chi connectivity index (χ1n) is 5.65. The topological polar surface area (TPSA) is 35.5 Å². The monoisotopic (exact) mass is 220 g/mol. The number of ether oxygens (including phenoxy) is 2. The molecule has 0 aliphatic carbocycles. The number of rotatable bonds is 2. The van der Waals surface area contributed by atoms with Gasteiger partial charge in [0.15, 0.2) is 0 Å². The molecule has 0 saturated carbocycles. The molecule has 3 nitrogen and oxygen atoms in total. The summed E-state index contributed by atoms with van der Waals surface area (Å²) in [6, 6.07) is 7.39. The van der Waals surface area contributed by atoms with Crippen LogP contribution < -0.4 is 0 Å². The molecular weight excluding hydrogens is 204 g/mol. The molecule has 1 aromatic rings. The van der Waals surface area contributed by atoms with Crippen LogP contribution in [0, 0.1) is 6.92 Å². The number of carbonyl (C=O) groups is 1. The Morgan fingerprint density at radius 3 is 3.00 bits per heavy atom. The molecular formula is C13H16O3. The van der Waals surface area contributed by atoms with Gasteiger partial charge in [0.1, 0.15) is 0 Å². The van der Waals surface area contributed by atoms with Gasteiger partial charge in [0, 0.05) is 6.42 Å². The fourth-order valence-corrected chi connectivity index (χ4v) is 1.76. The lowest BCUT2D eigenvalue weighted by atomic mass is 10.1. The molecule has 3 heteroatoms. The Morgan fingerprint density at radius 2 is 2.31 bits per heavy atom. The number of hydrogen-bond acceptors (Lipinski definition) is 3. The summed E-state index contributed by atoms with van der Waals surface area (Å²) in [7, 11) is 0. The zero-order chi connectivity index (χ0) is 11.4. The van der Waals surface area contributed by atoms with E-state index in [9.17, 15) is 4.79 Å². The van der Waals surface area contributed by atoms with Crippen molar-refractivity contribution < 1.29 is 14.3 Å². The van der Waals surface area contributed by atoms with Crippen LogP contribution in [0.25, 0.3) is 0 Å². The van der Waals surface area contributed by atoms with Gasteiger partial charge in [-0.3, -0.25) is 0 Å². The summed E-state index contributed by atoms with van der Waals surface area (Å²) in [5.74, 6) is -0.296. The van der Waals surface area contributed by atoms with Gasteiger partial charge >= 0.3 is 5.97 Å². The van der Waals surface area contributed by atoms with E-state index in [-0.39, 0.29) is 12.3 Å². The van der Waals surface area contributed by atoms with E-state index >= 15 is 0 Å². The summed E-state index contributed by atoms with van der Waals surface area (Å²) >= 11 is 0. The molecule has 0 amide bonds. The summed E-state index contributed by atoms with van der Waals surface area (Å²) < 4.78 is 10.6. The van der Waals surface area contributed by atoms with Crippen molar-refractivity contribution in [1.29, 1.82) is 0 Å². The number of hydrogen-bond donors (Lipinski definition) is 0. The van der Waals surface area contributed by atoms with E-state index in [0.29, 0.717) is 12.2 Å². The van der Waals surface area contributed by atoms with E-state index in [4.69, 9.17) is 9.47 Å². The fourth-order valence-electron chi connectivity index (χ4n) is 1.76. The van der Waals surface area contributed by atoms with Crippen molar-refractivity contribution in [1.82, 2.24) is 0 Å². The van der Waals surface area contributed by atoms with Gasteiger partial charge in [-0.1, -0.05) is 17.7 Å². The van der Waals surface area contributed by atoms with Crippen LogP contribution in [0.3, 0.4) is 0 Å². The fraction of sp³-hybridized carbons (Fsp3) is 0.462. The molecule has 0 aromatic heterocycles. The molecule has 1 heterocycles. The molecule has 0 bridgehead atoms. The van der Waals surface area contributed by atoms with E-state index in [0.717, 1.165) is 24.8 Å². The smallest absolute Gasteiger partial charge is 0.340 e. The maximum absolute atomic E-state index is 11.8. The van der Waals surface area contributed by atoms with Crippen LogP contribution >= 0.6 is 0 Å². The highest BCUT2D eigenvalue weighted by molar-refractivity contribution is 5.89. The van der Waals surface area contributed by atoms with Crippen LogP contribution in [0.5, 0.6) is 0 Å². The first-order valence-corrected chi connectivity index (χ1v) is 5.65. The summed E-state index contributed by atoms with van der Waals surface area (Å²) in [6.07, 6.45) is 2.56. The van der Waals surface area contributed by atoms with Crippen LogP contribution in [0.2, 0.25) is 0 Å². The lowest BCUT2D eigenvalue weighted by molar-refractivity contribution is -0.130. The molecule has 1 aliphatic rings. The van der Waals surface area contributed by atoms with Crippen molar-refractivity contribution >= 4 is 5.97 Å². The van der Waals surface area contributed by atoms with Gasteiger partial charge in [0.2, 0.25) is 6.29 Å². The molecule has 1 fully saturated rings. The highest BCUT2D eigenvalue weighted by atomic mass is 16.7. The first kappa shape index (κ1) is 11.1. The minimum atomic E-state index is -0.359. The van der Waals surface area contributed by atoms with Gasteiger partial charge in [-0.05, 0) is 31.9 Å². The van der Waals surface area contributed by atoms with E-state index in [1.54, 1.807) is 6.07 Å². The van der Waals surface area contributed by atoms with Gasteiger partial charge in [-0.25, -0.2) is 4.79 Å². The van der Waals surface area contributed by atoms with Crippen molar-refractivity contribution in [2.75, 3.05) is 6.61 Å². The second kappa shape index (κ2) is 5.12. The lowest BCUT2D eigenvalue weighted by Crippen LogP contribution is -2.25. The molecule has 2 rings (SSSR count). The van der Waals surface area contributed by atoms with E-state index in [1.807, 2.05) is 25.1 Å². The third kappa shape index (κ3) is 2.83. The second-order valence-corrected chi connectivity index (χ2v) is 4.07. The summed E-state index contributed by atoms with van der Waals surface area (Å²) in [6.45, 7) is 2.64. The molecule has 0 N–H and O–H groups in total. The molecule has 0 spiro atoms. The number of carbonyl (C=O) groups excluding carboxylic acids is 1. The Morgan fingerprint density at radius 1 is 1.44 bits per heavy atom. The van der Waals surface area contributed by atoms with Gasteiger partial charge in [-0.15, -0.1) is 0 Å². The minimum Gasteiger partial charge on any atom is -0.432 e. The highest BCUT2D eigenvalue weighted by Crippen LogP contribution is 2.16. The molecule has 1 aliphatic heterocycles. The Labute approximate surface area is 95.4 Å². The predicted molar refractivity (Wildman–Crippen MR) is 60.2 cm³/mol. The molecule has 0 radical (unpaired) electrons. The Hall–Kier alpha value is -1.35. The van der Waals surface area contributed by atoms with Crippen LogP contribution in [0.1, 0.15) is 35.2 Å². The normalized spacial score (nSPS) is 20.4. The average Bonchev–Trinajstić information content (AvgIpc) is 2.30. The zero-order valence-electron chi connectivity index (χ0n) is 9.44. The Balaban J connectivity index is 1.97. The van der Waals surface area contributed by atoms with Crippen molar-refractivity contribution in [2.45, 2.75) is 32.5 Å². The van der Waals surface area contributed by atoms with E-state index < -0.39 is 0 Å². The maximum atomic E-state index is 11.8. The quantitative estimate of drug-likeness (QED) is 0.719. The summed E-state index contributed by atoms with van der Waals surface area (Å²) in [4.78, 5) is 11.8. The van der Waals surface area contributed by atoms with Crippen LogP contribution in [-0.2, 0) is 9.47 Å². The van der Waals surface area contributed by atoms with E-state index in [1.165, 1.54) is 0 Å².